The minimum Gasteiger partial charge on any atom is -0.0622 e. The van der Waals surface area contributed by atoms with Crippen LogP contribution in [0.3, 0.4) is 0 Å². The van der Waals surface area contributed by atoms with E-state index in [0.717, 1.165) is 0 Å². The van der Waals surface area contributed by atoms with E-state index < -0.39 is 0 Å². The van der Waals surface area contributed by atoms with E-state index in [1.165, 1.54) is 76.8 Å². The van der Waals surface area contributed by atoms with Gasteiger partial charge in [-0.1, -0.05) is 164 Å². The lowest BCUT2D eigenvalue weighted by Crippen LogP contribution is -1.92. The van der Waals surface area contributed by atoms with Gasteiger partial charge in [0.15, 0.2) is 0 Å². The number of benzene rings is 8. The maximum Gasteiger partial charge on any atom is -0.00201 e. The molecule has 0 heteroatoms. The molecule has 0 radical (unpaired) electrons. The van der Waals surface area contributed by atoms with Crippen molar-refractivity contribution in [3.8, 4) is 44.5 Å². The lowest BCUT2D eigenvalue weighted by Gasteiger charge is -2.19. The standard InChI is InChI=1S/C42H28/c1-3-12-29(13-4-1)30-22-24-31(25-23-30)34-26-27-39-40(28-34)41(33-15-5-2-6-16-33)37-19-9-10-20-38(37)42(39)36-21-11-17-32-14-7-8-18-35(32)36/h1-28H. The summed E-state index contributed by atoms with van der Waals surface area (Å²) in [5.41, 5.74) is 9.99. The van der Waals surface area contributed by atoms with Crippen molar-refractivity contribution in [1.29, 1.82) is 0 Å². The van der Waals surface area contributed by atoms with Gasteiger partial charge in [-0.25, -0.2) is 0 Å². The molecular weight excluding hydrogens is 504 g/mol. The number of fused-ring (bicyclic) bond motifs is 3. The van der Waals surface area contributed by atoms with Crippen LogP contribution < -0.4 is 0 Å². The molecule has 8 aromatic carbocycles. The van der Waals surface area contributed by atoms with Crippen molar-refractivity contribution >= 4 is 32.3 Å². The van der Waals surface area contributed by atoms with E-state index in [-0.39, 0.29) is 0 Å². The van der Waals surface area contributed by atoms with Crippen LogP contribution in [0.15, 0.2) is 170 Å². The molecule has 0 heterocycles. The van der Waals surface area contributed by atoms with Crippen molar-refractivity contribution in [2.24, 2.45) is 0 Å². The lowest BCUT2D eigenvalue weighted by atomic mass is 9.84. The molecule has 0 bridgehead atoms. The first-order valence-electron chi connectivity index (χ1n) is 14.5. The van der Waals surface area contributed by atoms with Crippen LogP contribution >= 0.6 is 0 Å². The maximum absolute atomic E-state index is 2.40. The first-order chi connectivity index (χ1) is 20.8. The average Bonchev–Trinajstić information content (AvgIpc) is 3.07. The first kappa shape index (κ1) is 24.3. The Morgan fingerprint density at radius 2 is 0.714 bits per heavy atom. The van der Waals surface area contributed by atoms with E-state index >= 15 is 0 Å². The number of rotatable bonds is 4. The molecular formula is C42H28. The van der Waals surface area contributed by atoms with Gasteiger partial charge in [-0.3, -0.25) is 0 Å². The minimum absolute atomic E-state index is 1.22. The molecule has 0 fully saturated rings. The Labute approximate surface area is 246 Å². The highest BCUT2D eigenvalue weighted by atomic mass is 14.2. The summed E-state index contributed by atoms with van der Waals surface area (Å²) in [6.45, 7) is 0. The Balaban J connectivity index is 1.43. The molecule has 8 rings (SSSR count). The molecule has 0 nitrogen and oxygen atoms in total. The second-order valence-electron chi connectivity index (χ2n) is 10.9. The fraction of sp³-hybridized carbons (Fsp3) is 0. The highest BCUT2D eigenvalue weighted by Crippen LogP contribution is 2.46. The zero-order chi connectivity index (χ0) is 27.9. The van der Waals surface area contributed by atoms with Gasteiger partial charge < -0.3 is 0 Å². The number of hydrogen-bond donors (Lipinski definition) is 0. The van der Waals surface area contributed by atoms with Gasteiger partial charge in [0.2, 0.25) is 0 Å². The van der Waals surface area contributed by atoms with Crippen molar-refractivity contribution in [1.82, 2.24) is 0 Å². The van der Waals surface area contributed by atoms with Crippen LogP contribution in [0.25, 0.3) is 76.8 Å². The van der Waals surface area contributed by atoms with Crippen LogP contribution in [0.1, 0.15) is 0 Å². The van der Waals surface area contributed by atoms with Gasteiger partial charge in [0, 0.05) is 0 Å². The van der Waals surface area contributed by atoms with Gasteiger partial charge in [0.1, 0.15) is 0 Å². The third-order valence-electron chi connectivity index (χ3n) is 8.47. The van der Waals surface area contributed by atoms with E-state index in [1.807, 2.05) is 0 Å². The predicted octanol–water partition coefficient (Wildman–Crippen LogP) is 11.8. The van der Waals surface area contributed by atoms with Gasteiger partial charge in [-0.05, 0) is 82.9 Å². The largest absolute Gasteiger partial charge is 0.0622 e. The molecule has 0 spiro atoms. The van der Waals surface area contributed by atoms with Crippen LogP contribution in [-0.2, 0) is 0 Å². The Hall–Kier alpha value is -5.46. The van der Waals surface area contributed by atoms with Crippen LogP contribution in [0, 0.1) is 0 Å². The predicted molar refractivity (Wildman–Crippen MR) is 181 cm³/mol. The van der Waals surface area contributed by atoms with Crippen LogP contribution in [0.2, 0.25) is 0 Å². The third-order valence-corrected chi connectivity index (χ3v) is 8.47. The van der Waals surface area contributed by atoms with E-state index in [1.54, 1.807) is 0 Å². The molecule has 0 unspecified atom stereocenters. The topological polar surface area (TPSA) is 0 Å². The molecule has 0 aromatic heterocycles. The third kappa shape index (κ3) is 4.08. The summed E-state index contributed by atoms with van der Waals surface area (Å²) in [5.74, 6) is 0. The second kappa shape index (κ2) is 10.2. The molecule has 42 heavy (non-hydrogen) atoms. The Morgan fingerprint density at radius 3 is 1.43 bits per heavy atom. The molecule has 8 aromatic rings. The Morgan fingerprint density at radius 1 is 0.238 bits per heavy atom. The van der Waals surface area contributed by atoms with Gasteiger partial charge in [-0.15, -0.1) is 0 Å². The summed E-state index contributed by atoms with van der Waals surface area (Å²) in [4.78, 5) is 0. The van der Waals surface area contributed by atoms with Crippen LogP contribution in [0.5, 0.6) is 0 Å². The molecule has 0 N–H and O–H groups in total. The zero-order valence-corrected chi connectivity index (χ0v) is 23.2. The smallest absolute Gasteiger partial charge is 0.00201 e. The summed E-state index contributed by atoms with van der Waals surface area (Å²) in [5, 5.41) is 7.63. The van der Waals surface area contributed by atoms with Gasteiger partial charge in [0.05, 0.1) is 0 Å². The lowest BCUT2D eigenvalue weighted by molar-refractivity contribution is 1.60. The van der Waals surface area contributed by atoms with Crippen LogP contribution in [-0.4, -0.2) is 0 Å². The highest BCUT2D eigenvalue weighted by Gasteiger charge is 2.18. The molecule has 0 amide bonds. The quantitative estimate of drug-likeness (QED) is 0.198. The molecule has 0 saturated carbocycles. The molecule has 196 valence electrons. The van der Waals surface area contributed by atoms with Gasteiger partial charge in [0.25, 0.3) is 0 Å². The fourth-order valence-electron chi connectivity index (χ4n) is 6.49. The molecule has 0 atom stereocenters. The monoisotopic (exact) mass is 532 g/mol. The minimum atomic E-state index is 1.22. The van der Waals surface area contributed by atoms with E-state index in [4.69, 9.17) is 0 Å². The summed E-state index contributed by atoms with van der Waals surface area (Å²) in [6, 6.07) is 61.7. The van der Waals surface area contributed by atoms with Crippen LogP contribution in [0.4, 0.5) is 0 Å². The van der Waals surface area contributed by atoms with Crippen molar-refractivity contribution < 1.29 is 0 Å². The molecule has 0 aliphatic rings. The van der Waals surface area contributed by atoms with E-state index in [2.05, 4.69) is 170 Å². The van der Waals surface area contributed by atoms with Crippen molar-refractivity contribution in [2.75, 3.05) is 0 Å². The maximum atomic E-state index is 2.40. The fourth-order valence-corrected chi connectivity index (χ4v) is 6.49. The van der Waals surface area contributed by atoms with E-state index in [0.29, 0.717) is 0 Å². The van der Waals surface area contributed by atoms with Gasteiger partial charge in [-0.2, -0.15) is 0 Å². The molecule has 0 aliphatic heterocycles. The van der Waals surface area contributed by atoms with Crippen molar-refractivity contribution in [2.45, 2.75) is 0 Å². The second-order valence-corrected chi connectivity index (χ2v) is 10.9. The summed E-state index contributed by atoms with van der Waals surface area (Å²) < 4.78 is 0. The van der Waals surface area contributed by atoms with Gasteiger partial charge >= 0.3 is 0 Å². The summed E-state index contributed by atoms with van der Waals surface area (Å²) in [6.07, 6.45) is 0. The molecule has 0 saturated heterocycles. The van der Waals surface area contributed by atoms with E-state index in [9.17, 15) is 0 Å². The first-order valence-corrected chi connectivity index (χ1v) is 14.5. The van der Waals surface area contributed by atoms with Crippen molar-refractivity contribution in [3.05, 3.63) is 170 Å². The molecule has 0 aliphatic carbocycles. The average molecular weight is 533 g/mol. The normalized spacial score (nSPS) is 11.3. The van der Waals surface area contributed by atoms with Crippen molar-refractivity contribution in [3.63, 3.8) is 0 Å². The summed E-state index contributed by atoms with van der Waals surface area (Å²) in [7, 11) is 0. The number of hydrogen-bond acceptors (Lipinski definition) is 0. The Kier molecular flexibility index (Phi) is 5.90. The Bertz CT molecular complexity index is 2200. The SMILES string of the molecule is c1ccc(-c2ccc(-c3ccc4c(-c5cccc6ccccc56)c5ccccc5c(-c5ccccc5)c4c3)cc2)cc1. The highest BCUT2D eigenvalue weighted by molar-refractivity contribution is 6.24. The summed E-state index contributed by atoms with van der Waals surface area (Å²) >= 11 is 0. The zero-order valence-electron chi connectivity index (χ0n) is 23.2.